The monoisotopic (exact) mass is 455 g/mol. The van der Waals surface area contributed by atoms with E-state index in [2.05, 4.69) is 32.2 Å². The van der Waals surface area contributed by atoms with Gasteiger partial charge in [0, 0.05) is 14.0 Å². The molecule has 2 saturated heterocycles. The second-order valence-electron chi connectivity index (χ2n) is 9.39. The Bertz CT molecular complexity index is 704. The fourth-order valence-corrected chi connectivity index (χ4v) is 5.50. The standard InChI is InChI=1S/C23H37NO6S/c1-14(2)7-8-18-22(4,30-18)20-19(27-5)17(9-11-23(20)13-28-23)29-21(26)16(10-12-31-6)24-15(3)25/h7,16-20H,8-13H2,1-6H3,(H,24,25)/t16?,17?,18-,19-,20?,22?,23+/m1/s1. The molecule has 0 aromatic rings. The SMILES string of the molecule is CO[C@@H]1C(OC(=O)C(CCSC)NC(C)=O)CC[C@]2(CO2)C1C1(C)O[C@@H]1CC=C(C)C. The van der Waals surface area contributed by atoms with Crippen LogP contribution in [0.1, 0.15) is 53.4 Å². The number of thioether (sulfide) groups is 1. The number of amides is 1. The summed E-state index contributed by atoms with van der Waals surface area (Å²) in [4.78, 5) is 24.5. The number of carbonyl (C=O) groups is 2. The molecule has 1 aliphatic carbocycles. The van der Waals surface area contributed by atoms with Gasteiger partial charge in [-0.3, -0.25) is 4.79 Å². The van der Waals surface area contributed by atoms with Gasteiger partial charge in [-0.05, 0) is 58.5 Å². The molecular weight excluding hydrogens is 418 g/mol. The molecule has 3 aliphatic rings. The molecular formula is C23H37NO6S. The number of hydrogen-bond donors (Lipinski definition) is 1. The Labute approximate surface area is 190 Å². The van der Waals surface area contributed by atoms with Crippen molar-refractivity contribution in [3.05, 3.63) is 11.6 Å². The third-order valence-electron chi connectivity index (χ3n) is 6.78. The molecule has 2 aliphatic heterocycles. The lowest BCUT2D eigenvalue weighted by Gasteiger charge is -2.43. The van der Waals surface area contributed by atoms with Crippen molar-refractivity contribution in [3.8, 4) is 0 Å². The zero-order valence-electron chi connectivity index (χ0n) is 19.6. The number of allylic oxidation sites excluding steroid dienone is 1. The summed E-state index contributed by atoms with van der Waals surface area (Å²) in [5, 5.41) is 2.73. The van der Waals surface area contributed by atoms with Crippen LogP contribution in [0.2, 0.25) is 0 Å². The van der Waals surface area contributed by atoms with E-state index < -0.39 is 18.1 Å². The molecule has 1 amide bonds. The zero-order chi connectivity index (χ0) is 22.8. The maximum atomic E-state index is 12.9. The van der Waals surface area contributed by atoms with Gasteiger partial charge in [0.05, 0.1) is 18.6 Å². The predicted molar refractivity (Wildman–Crippen MR) is 120 cm³/mol. The van der Waals surface area contributed by atoms with Crippen molar-refractivity contribution in [2.75, 3.05) is 25.7 Å². The van der Waals surface area contributed by atoms with Gasteiger partial charge in [-0.25, -0.2) is 4.79 Å². The Kier molecular flexibility index (Phi) is 7.77. The lowest BCUT2D eigenvalue weighted by Crippen LogP contribution is -2.56. The van der Waals surface area contributed by atoms with Crippen LogP contribution in [0.5, 0.6) is 0 Å². The van der Waals surface area contributed by atoms with Crippen LogP contribution in [-0.2, 0) is 28.5 Å². The first-order valence-electron chi connectivity index (χ1n) is 11.1. The number of ether oxygens (including phenoxy) is 4. The zero-order valence-corrected chi connectivity index (χ0v) is 20.4. The van der Waals surface area contributed by atoms with Gasteiger partial charge in [-0.2, -0.15) is 11.8 Å². The molecule has 31 heavy (non-hydrogen) atoms. The van der Waals surface area contributed by atoms with Crippen LogP contribution in [0, 0.1) is 5.92 Å². The normalized spacial score (nSPS) is 37.1. The Morgan fingerprint density at radius 2 is 2.03 bits per heavy atom. The quantitative estimate of drug-likeness (QED) is 0.308. The van der Waals surface area contributed by atoms with Crippen molar-refractivity contribution >= 4 is 23.6 Å². The topological polar surface area (TPSA) is 89.7 Å². The number of nitrogens with one attached hydrogen (secondary N) is 1. The Hall–Kier alpha value is -1.09. The van der Waals surface area contributed by atoms with E-state index in [1.165, 1.54) is 12.5 Å². The number of esters is 1. The van der Waals surface area contributed by atoms with Crippen molar-refractivity contribution in [2.45, 2.75) is 88.9 Å². The molecule has 1 N–H and O–H groups in total. The molecule has 0 bridgehead atoms. The van der Waals surface area contributed by atoms with Crippen LogP contribution in [0.4, 0.5) is 0 Å². The predicted octanol–water partition coefficient (Wildman–Crippen LogP) is 2.86. The summed E-state index contributed by atoms with van der Waals surface area (Å²) in [5.74, 6) is 0.109. The van der Waals surface area contributed by atoms with Crippen molar-refractivity contribution in [2.24, 2.45) is 5.92 Å². The van der Waals surface area contributed by atoms with E-state index in [0.29, 0.717) is 19.4 Å². The smallest absolute Gasteiger partial charge is 0.329 e. The Morgan fingerprint density at radius 1 is 1.32 bits per heavy atom. The molecule has 1 saturated carbocycles. The van der Waals surface area contributed by atoms with Crippen LogP contribution < -0.4 is 5.32 Å². The molecule has 1 spiro atoms. The lowest BCUT2D eigenvalue weighted by atomic mass is 9.68. The number of methoxy groups -OCH3 is 1. The highest BCUT2D eigenvalue weighted by molar-refractivity contribution is 7.98. The first kappa shape index (κ1) is 24.6. The minimum absolute atomic E-state index is 0.0162. The third kappa shape index (κ3) is 5.46. The molecule has 4 unspecified atom stereocenters. The second-order valence-corrected chi connectivity index (χ2v) is 10.4. The fraction of sp³-hybridized carbons (Fsp3) is 0.826. The van der Waals surface area contributed by atoms with Gasteiger partial charge in [-0.15, -0.1) is 0 Å². The van der Waals surface area contributed by atoms with Crippen molar-refractivity contribution in [1.82, 2.24) is 5.32 Å². The van der Waals surface area contributed by atoms with E-state index in [4.69, 9.17) is 18.9 Å². The van der Waals surface area contributed by atoms with E-state index in [0.717, 1.165) is 18.6 Å². The highest BCUT2D eigenvalue weighted by atomic mass is 32.2. The summed E-state index contributed by atoms with van der Waals surface area (Å²) in [7, 11) is 1.66. The summed E-state index contributed by atoms with van der Waals surface area (Å²) in [6, 6.07) is -0.646. The summed E-state index contributed by atoms with van der Waals surface area (Å²) in [5.41, 5.74) is 0.640. The van der Waals surface area contributed by atoms with Crippen molar-refractivity contribution in [1.29, 1.82) is 0 Å². The number of rotatable bonds is 10. The fourth-order valence-electron chi connectivity index (χ4n) is 5.03. The molecule has 2 heterocycles. The largest absolute Gasteiger partial charge is 0.458 e. The average molecular weight is 456 g/mol. The van der Waals surface area contributed by atoms with Gasteiger partial charge in [0.15, 0.2) is 0 Å². The average Bonchev–Trinajstić information content (AvgIpc) is 3.62. The minimum Gasteiger partial charge on any atom is -0.458 e. The summed E-state index contributed by atoms with van der Waals surface area (Å²) < 4.78 is 24.0. The third-order valence-corrected chi connectivity index (χ3v) is 7.42. The first-order valence-corrected chi connectivity index (χ1v) is 12.5. The van der Waals surface area contributed by atoms with Gasteiger partial charge in [-0.1, -0.05) is 11.6 Å². The van der Waals surface area contributed by atoms with Crippen LogP contribution in [0.25, 0.3) is 0 Å². The summed E-state index contributed by atoms with van der Waals surface area (Å²) in [6.07, 6.45) is 6.42. The maximum Gasteiger partial charge on any atom is 0.329 e. The molecule has 3 rings (SSSR count). The molecule has 0 aromatic heterocycles. The summed E-state index contributed by atoms with van der Waals surface area (Å²) >= 11 is 1.63. The minimum atomic E-state index is -0.646. The Morgan fingerprint density at radius 3 is 2.58 bits per heavy atom. The van der Waals surface area contributed by atoms with Crippen LogP contribution in [0.3, 0.4) is 0 Å². The molecule has 7 atom stereocenters. The molecule has 0 aromatic carbocycles. The van der Waals surface area contributed by atoms with Gasteiger partial charge >= 0.3 is 5.97 Å². The van der Waals surface area contributed by atoms with Gasteiger partial charge in [0.1, 0.15) is 29.5 Å². The second kappa shape index (κ2) is 9.81. The van der Waals surface area contributed by atoms with E-state index in [1.54, 1.807) is 18.9 Å². The van der Waals surface area contributed by atoms with Gasteiger partial charge < -0.3 is 24.3 Å². The lowest BCUT2D eigenvalue weighted by molar-refractivity contribution is -0.174. The van der Waals surface area contributed by atoms with Gasteiger partial charge in [0.25, 0.3) is 0 Å². The summed E-state index contributed by atoms with van der Waals surface area (Å²) in [6.45, 7) is 8.40. The van der Waals surface area contributed by atoms with E-state index in [9.17, 15) is 9.59 Å². The highest BCUT2D eigenvalue weighted by Gasteiger charge is 2.72. The van der Waals surface area contributed by atoms with E-state index >= 15 is 0 Å². The van der Waals surface area contributed by atoms with E-state index in [1.807, 2.05) is 6.26 Å². The van der Waals surface area contributed by atoms with Crippen LogP contribution >= 0.6 is 11.8 Å². The molecule has 7 nitrogen and oxygen atoms in total. The van der Waals surface area contributed by atoms with Crippen molar-refractivity contribution < 1.29 is 28.5 Å². The first-order chi connectivity index (χ1) is 14.7. The van der Waals surface area contributed by atoms with Crippen LogP contribution in [0.15, 0.2) is 11.6 Å². The molecule has 8 heteroatoms. The van der Waals surface area contributed by atoms with E-state index in [-0.39, 0.29) is 35.2 Å². The molecule has 176 valence electrons. The molecule has 0 radical (unpaired) electrons. The highest BCUT2D eigenvalue weighted by Crippen LogP contribution is 2.59. The number of hydrogen-bond acceptors (Lipinski definition) is 7. The van der Waals surface area contributed by atoms with Crippen LogP contribution in [-0.4, -0.2) is 73.2 Å². The molecule has 3 fully saturated rings. The van der Waals surface area contributed by atoms with Gasteiger partial charge in [0.2, 0.25) is 5.91 Å². The Balaban J connectivity index is 1.73. The number of epoxide rings is 2. The van der Waals surface area contributed by atoms with Crippen molar-refractivity contribution in [3.63, 3.8) is 0 Å². The number of carbonyl (C=O) groups excluding carboxylic acids is 2. The maximum absolute atomic E-state index is 12.9.